The number of pyridine rings is 1. The van der Waals surface area contributed by atoms with Crippen molar-refractivity contribution in [3.05, 3.63) is 71.3 Å². The van der Waals surface area contributed by atoms with E-state index in [9.17, 15) is 9.90 Å². The summed E-state index contributed by atoms with van der Waals surface area (Å²) < 4.78 is 0. The minimum absolute atomic E-state index is 0.261. The summed E-state index contributed by atoms with van der Waals surface area (Å²) in [5.74, 6) is -0.381. The van der Waals surface area contributed by atoms with Crippen molar-refractivity contribution in [2.24, 2.45) is 0 Å². The summed E-state index contributed by atoms with van der Waals surface area (Å²) in [6, 6.07) is 17.0. The van der Waals surface area contributed by atoms with Crippen LogP contribution in [0.2, 0.25) is 0 Å². The molecule has 1 heterocycles. The molecular weight excluding hydrogens is 276 g/mol. The van der Waals surface area contributed by atoms with Crippen LogP contribution in [0.3, 0.4) is 0 Å². The summed E-state index contributed by atoms with van der Waals surface area (Å²) in [6.07, 6.45) is 0. The monoisotopic (exact) mass is 292 g/mol. The van der Waals surface area contributed by atoms with E-state index in [4.69, 9.17) is 0 Å². The molecule has 22 heavy (non-hydrogen) atoms. The van der Waals surface area contributed by atoms with Gasteiger partial charge in [0.05, 0.1) is 11.1 Å². The van der Waals surface area contributed by atoms with Gasteiger partial charge in [-0.25, -0.2) is 9.78 Å². The Labute approximate surface area is 128 Å². The van der Waals surface area contributed by atoms with E-state index in [1.165, 1.54) is 5.56 Å². The average molecular weight is 292 g/mol. The fraction of sp³-hybridized carbons (Fsp3) is 0.111. The molecule has 0 saturated heterocycles. The Balaban J connectivity index is 1.90. The molecule has 2 N–H and O–H groups in total. The highest BCUT2D eigenvalue weighted by Crippen LogP contribution is 2.21. The Hall–Kier alpha value is -2.88. The molecule has 3 rings (SSSR count). The summed E-state index contributed by atoms with van der Waals surface area (Å²) in [5, 5.41) is 13.2. The zero-order valence-electron chi connectivity index (χ0n) is 12.2. The van der Waals surface area contributed by atoms with Gasteiger partial charge in [0.25, 0.3) is 0 Å². The summed E-state index contributed by atoms with van der Waals surface area (Å²) >= 11 is 0. The summed E-state index contributed by atoms with van der Waals surface area (Å²) in [6.45, 7) is 2.64. The van der Waals surface area contributed by atoms with Gasteiger partial charge in [0.1, 0.15) is 5.82 Å². The number of hydrogen-bond acceptors (Lipinski definition) is 3. The Bertz CT molecular complexity index is 826. The molecule has 0 spiro atoms. The second kappa shape index (κ2) is 5.85. The van der Waals surface area contributed by atoms with Crippen LogP contribution in [-0.4, -0.2) is 16.1 Å². The number of nitrogens with one attached hydrogen (secondary N) is 1. The van der Waals surface area contributed by atoms with Crippen molar-refractivity contribution in [1.82, 2.24) is 4.98 Å². The standard InChI is InChI=1S/C18H16N2O2/c1-12-6-8-13(9-7-12)11-19-17-10-15(18(21)22)14-4-2-3-5-16(14)20-17/h2-10H,11H2,1H3,(H,19,20)(H,21,22). The minimum atomic E-state index is -0.947. The Kier molecular flexibility index (Phi) is 3.74. The highest BCUT2D eigenvalue weighted by atomic mass is 16.4. The first-order valence-electron chi connectivity index (χ1n) is 7.06. The topological polar surface area (TPSA) is 62.2 Å². The molecule has 110 valence electrons. The quantitative estimate of drug-likeness (QED) is 0.766. The maximum atomic E-state index is 11.4. The fourth-order valence-corrected chi connectivity index (χ4v) is 2.34. The van der Waals surface area contributed by atoms with Crippen molar-refractivity contribution < 1.29 is 9.90 Å². The van der Waals surface area contributed by atoms with Crippen molar-refractivity contribution in [2.45, 2.75) is 13.5 Å². The van der Waals surface area contributed by atoms with E-state index < -0.39 is 5.97 Å². The second-order valence-corrected chi connectivity index (χ2v) is 5.22. The number of carbonyl (C=O) groups is 1. The van der Waals surface area contributed by atoms with E-state index in [1.54, 1.807) is 12.1 Å². The van der Waals surface area contributed by atoms with E-state index in [0.29, 0.717) is 23.3 Å². The molecule has 0 saturated carbocycles. The third kappa shape index (κ3) is 2.91. The molecule has 0 unspecified atom stereocenters. The van der Waals surface area contributed by atoms with E-state index in [0.717, 1.165) is 5.56 Å². The molecule has 0 atom stereocenters. The van der Waals surface area contributed by atoms with Gasteiger partial charge in [-0.05, 0) is 24.6 Å². The van der Waals surface area contributed by atoms with Crippen molar-refractivity contribution in [1.29, 1.82) is 0 Å². The van der Waals surface area contributed by atoms with Gasteiger partial charge >= 0.3 is 5.97 Å². The van der Waals surface area contributed by atoms with E-state index >= 15 is 0 Å². The van der Waals surface area contributed by atoms with Crippen LogP contribution in [0, 0.1) is 6.92 Å². The summed E-state index contributed by atoms with van der Waals surface area (Å²) in [4.78, 5) is 15.9. The lowest BCUT2D eigenvalue weighted by atomic mass is 10.1. The minimum Gasteiger partial charge on any atom is -0.478 e. The smallest absolute Gasteiger partial charge is 0.336 e. The Morgan fingerprint density at radius 2 is 1.86 bits per heavy atom. The zero-order chi connectivity index (χ0) is 15.5. The number of nitrogens with zero attached hydrogens (tertiary/aromatic N) is 1. The molecular formula is C18H16N2O2. The molecule has 0 aliphatic heterocycles. The Morgan fingerprint density at radius 1 is 1.14 bits per heavy atom. The van der Waals surface area contributed by atoms with Gasteiger partial charge in [0, 0.05) is 11.9 Å². The number of carboxylic acids is 1. The summed E-state index contributed by atoms with van der Waals surface area (Å²) in [5.41, 5.74) is 3.27. The first-order chi connectivity index (χ1) is 10.6. The van der Waals surface area contributed by atoms with Crippen LogP contribution in [0.4, 0.5) is 5.82 Å². The van der Waals surface area contributed by atoms with Crippen LogP contribution >= 0.6 is 0 Å². The maximum absolute atomic E-state index is 11.4. The molecule has 0 aliphatic rings. The third-order valence-corrected chi connectivity index (χ3v) is 3.54. The van der Waals surface area contributed by atoms with Crippen molar-refractivity contribution in [3.8, 4) is 0 Å². The SMILES string of the molecule is Cc1ccc(CNc2cc(C(=O)O)c3ccccc3n2)cc1. The van der Waals surface area contributed by atoms with Gasteiger partial charge < -0.3 is 10.4 Å². The van der Waals surface area contributed by atoms with Gasteiger partial charge in [-0.2, -0.15) is 0 Å². The Morgan fingerprint density at radius 3 is 2.59 bits per heavy atom. The average Bonchev–Trinajstić information content (AvgIpc) is 2.53. The van der Waals surface area contributed by atoms with Crippen molar-refractivity contribution >= 4 is 22.7 Å². The van der Waals surface area contributed by atoms with Crippen LogP contribution in [-0.2, 0) is 6.54 Å². The molecule has 3 aromatic rings. The molecule has 4 heteroatoms. The van der Waals surface area contributed by atoms with Gasteiger partial charge in [0.15, 0.2) is 0 Å². The van der Waals surface area contributed by atoms with E-state index in [1.807, 2.05) is 49.4 Å². The van der Waals surface area contributed by atoms with Gasteiger partial charge in [-0.1, -0.05) is 48.0 Å². The van der Waals surface area contributed by atoms with E-state index in [-0.39, 0.29) is 5.56 Å². The van der Waals surface area contributed by atoms with Crippen LogP contribution in [0.25, 0.3) is 10.9 Å². The van der Waals surface area contributed by atoms with Crippen LogP contribution in [0.15, 0.2) is 54.6 Å². The number of rotatable bonds is 4. The van der Waals surface area contributed by atoms with Gasteiger partial charge in [0.2, 0.25) is 0 Å². The van der Waals surface area contributed by atoms with Crippen molar-refractivity contribution in [2.75, 3.05) is 5.32 Å². The normalized spacial score (nSPS) is 10.6. The number of benzene rings is 2. The van der Waals surface area contributed by atoms with Gasteiger partial charge in [-0.15, -0.1) is 0 Å². The predicted molar refractivity (Wildman–Crippen MR) is 87.2 cm³/mol. The van der Waals surface area contributed by atoms with E-state index in [2.05, 4.69) is 10.3 Å². The predicted octanol–water partition coefficient (Wildman–Crippen LogP) is 3.85. The fourth-order valence-electron chi connectivity index (χ4n) is 2.34. The number of aromatic carboxylic acids is 1. The largest absolute Gasteiger partial charge is 0.478 e. The number of anilines is 1. The molecule has 0 amide bonds. The van der Waals surface area contributed by atoms with Crippen molar-refractivity contribution in [3.63, 3.8) is 0 Å². The second-order valence-electron chi connectivity index (χ2n) is 5.22. The molecule has 4 nitrogen and oxygen atoms in total. The lowest BCUT2D eigenvalue weighted by Crippen LogP contribution is -2.05. The number of fused-ring (bicyclic) bond motifs is 1. The highest BCUT2D eigenvalue weighted by Gasteiger charge is 2.11. The molecule has 2 aromatic carbocycles. The zero-order valence-corrected chi connectivity index (χ0v) is 12.2. The number of aryl methyl sites for hydroxylation is 1. The summed E-state index contributed by atoms with van der Waals surface area (Å²) in [7, 11) is 0. The molecule has 0 radical (unpaired) electrons. The lowest BCUT2D eigenvalue weighted by molar-refractivity contribution is 0.0699. The molecule has 0 fully saturated rings. The lowest BCUT2D eigenvalue weighted by Gasteiger charge is -2.09. The third-order valence-electron chi connectivity index (χ3n) is 3.54. The number of para-hydroxylation sites is 1. The molecule has 0 bridgehead atoms. The van der Waals surface area contributed by atoms with Crippen LogP contribution in [0.5, 0.6) is 0 Å². The van der Waals surface area contributed by atoms with Crippen LogP contribution in [0.1, 0.15) is 21.5 Å². The first kappa shape index (κ1) is 14.1. The molecule has 0 aliphatic carbocycles. The maximum Gasteiger partial charge on any atom is 0.336 e. The first-order valence-corrected chi connectivity index (χ1v) is 7.06. The van der Waals surface area contributed by atoms with Gasteiger partial charge in [-0.3, -0.25) is 0 Å². The van der Waals surface area contributed by atoms with Crippen LogP contribution < -0.4 is 5.32 Å². The number of carboxylic acid groups (broad SMARTS) is 1. The number of hydrogen-bond donors (Lipinski definition) is 2. The number of aromatic nitrogens is 1. The highest BCUT2D eigenvalue weighted by molar-refractivity contribution is 6.03. The molecule has 1 aromatic heterocycles.